The molecule has 0 radical (unpaired) electrons. The molecular formula is C28H19N5O3S. The van der Waals surface area contributed by atoms with Crippen molar-refractivity contribution in [3.63, 3.8) is 0 Å². The zero-order chi connectivity index (χ0) is 24.8. The number of ether oxygens (including phenoxy) is 2. The number of fused-ring (bicyclic) bond motifs is 2. The average Bonchev–Trinajstić information content (AvgIpc) is 3.64. The fourth-order valence-corrected chi connectivity index (χ4v) is 5.20. The van der Waals surface area contributed by atoms with E-state index in [2.05, 4.69) is 10.1 Å². The molecule has 6 aromatic rings. The van der Waals surface area contributed by atoms with Gasteiger partial charge in [0.2, 0.25) is 4.96 Å². The van der Waals surface area contributed by atoms with E-state index in [0.29, 0.717) is 40.0 Å². The maximum atomic E-state index is 13.3. The lowest BCUT2D eigenvalue weighted by Crippen LogP contribution is -2.23. The van der Waals surface area contributed by atoms with Crippen LogP contribution in [0.2, 0.25) is 0 Å². The second kappa shape index (κ2) is 8.72. The first-order valence-corrected chi connectivity index (χ1v) is 12.6. The van der Waals surface area contributed by atoms with Gasteiger partial charge in [-0.2, -0.15) is 14.6 Å². The van der Waals surface area contributed by atoms with E-state index in [9.17, 15) is 4.79 Å². The number of thiazole rings is 1. The minimum absolute atomic E-state index is 0.213. The standard InChI is InChI=1S/C28H19N5O3S/c34-27-24(37-28-29-26(31-33(27)28)18-7-3-1-4-8-18)16-20-17-32(21-9-5-2-6-10-21)30-25(20)19-11-12-22-23(15-19)36-14-13-35-22/h1-12,15-17H,13-14H2. The summed E-state index contributed by atoms with van der Waals surface area (Å²) in [4.78, 5) is 18.4. The second-order valence-electron chi connectivity index (χ2n) is 8.48. The van der Waals surface area contributed by atoms with Crippen LogP contribution in [0, 0.1) is 0 Å². The van der Waals surface area contributed by atoms with Gasteiger partial charge in [-0.05, 0) is 36.4 Å². The second-order valence-corrected chi connectivity index (χ2v) is 9.49. The molecular weight excluding hydrogens is 486 g/mol. The molecule has 37 heavy (non-hydrogen) atoms. The fraction of sp³-hybridized carbons (Fsp3) is 0.0714. The maximum absolute atomic E-state index is 13.3. The van der Waals surface area contributed by atoms with Crippen molar-refractivity contribution < 1.29 is 9.47 Å². The van der Waals surface area contributed by atoms with Gasteiger partial charge in [-0.1, -0.05) is 59.9 Å². The molecule has 1 aliphatic rings. The van der Waals surface area contributed by atoms with Crippen LogP contribution >= 0.6 is 11.3 Å². The fourth-order valence-electron chi connectivity index (χ4n) is 4.31. The predicted molar refractivity (Wildman–Crippen MR) is 141 cm³/mol. The smallest absolute Gasteiger partial charge is 0.291 e. The Bertz CT molecular complexity index is 1860. The highest BCUT2D eigenvalue weighted by atomic mass is 32.1. The Labute approximate surface area is 214 Å². The number of nitrogens with zero attached hydrogens (tertiary/aromatic N) is 5. The summed E-state index contributed by atoms with van der Waals surface area (Å²) in [6.45, 7) is 1.03. The SMILES string of the molecule is O=c1c(=Cc2cn(-c3ccccc3)nc2-c2ccc3c(c2)OCCO3)sc2nc(-c3ccccc3)nn12. The molecule has 4 heterocycles. The lowest BCUT2D eigenvalue weighted by molar-refractivity contribution is 0.171. The van der Waals surface area contributed by atoms with Crippen LogP contribution in [0.25, 0.3) is 39.4 Å². The van der Waals surface area contributed by atoms with E-state index in [-0.39, 0.29) is 5.56 Å². The molecule has 0 saturated carbocycles. The molecule has 0 bridgehead atoms. The molecule has 3 aromatic carbocycles. The van der Waals surface area contributed by atoms with Gasteiger partial charge in [0.05, 0.1) is 10.2 Å². The Morgan fingerprint density at radius 3 is 2.38 bits per heavy atom. The van der Waals surface area contributed by atoms with Crippen LogP contribution in [0.5, 0.6) is 11.5 Å². The first-order valence-electron chi connectivity index (χ1n) is 11.7. The van der Waals surface area contributed by atoms with Crippen molar-refractivity contribution in [1.82, 2.24) is 24.4 Å². The summed E-state index contributed by atoms with van der Waals surface area (Å²) in [5, 5.41) is 9.33. The van der Waals surface area contributed by atoms with Gasteiger partial charge in [0.25, 0.3) is 5.56 Å². The monoisotopic (exact) mass is 505 g/mol. The first-order chi connectivity index (χ1) is 18.2. The van der Waals surface area contributed by atoms with Crippen molar-refractivity contribution >= 4 is 22.4 Å². The molecule has 8 nitrogen and oxygen atoms in total. The summed E-state index contributed by atoms with van der Waals surface area (Å²) < 4.78 is 15.2. The summed E-state index contributed by atoms with van der Waals surface area (Å²) in [7, 11) is 0. The van der Waals surface area contributed by atoms with Crippen molar-refractivity contribution in [3.05, 3.63) is 106 Å². The summed E-state index contributed by atoms with van der Waals surface area (Å²) in [6, 6.07) is 25.3. The molecule has 0 amide bonds. The molecule has 0 aliphatic carbocycles. The Morgan fingerprint density at radius 1 is 0.838 bits per heavy atom. The normalized spacial score (nSPS) is 13.4. The summed E-state index contributed by atoms with van der Waals surface area (Å²) in [5.74, 6) is 1.93. The minimum Gasteiger partial charge on any atom is -0.486 e. The quantitative estimate of drug-likeness (QED) is 0.360. The van der Waals surface area contributed by atoms with Gasteiger partial charge < -0.3 is 9.47 Å². The van der Waals surface area contributed by atoms with Gasteiger partial charge in [0, 0.05) is 22.9 Å². The van der Waals surface area contributed by atoms with Crippen molar-refractivity contribution in [3.8, 4) is 39.8 Å². The van der Waals surface area contributed by atoms with Gasteiger partial charge in [0.1, 0.15) is 18.9 Å². The summed E-state index contributed by atoms with van der Waals surface area (Å²) in [5.41, 5.74) is 3.96. The van der Waals surface area contributed by atoms with Crippen LogP contribution in [0.15, 0.2) is 89.9 Å². The summed E-state index contributed by atoms with van der Waals surface area (Å²) >= 11 is 1.31. The number of aromatic nitrogens is 5. The number of benzene rings is 3. The molecule has 0 N–H and O–H groups in total. The van der Waals surface area contributed by atoms with Crippen LogP contribution in [0.4, 0.5) is 0 Å². The molecule has 3 aromatic heterocycles. The topological polar surface area (TPSA) is 83.5 Å². The lowest BCUT2D eigenvalue weighted by Gasteiger charge is -2.18. The van der Waals surface area contributed by atoms with Crippen LogP contribution in [0.3, 0.4) is 0 Å². The molecule has 0 atom stereocenters. The van der Waals surface area contributed by atoms with Gasteiger partial charge in [-0.3, -0.25) is 4.79 Å². The Balaban J connectivity index is 1.37. The molecule has 180 valence electrons. The van der Waals surface area contributed by atoms with Crippen LogP contribution in [-0.4, -0.2) is 37.6 Å². The molecule has 0 saturated heterocycles. The highest BCUT2D eigenvalue weighted by Crippen LogP contribution is 2.35. The molecule has 9 heteroatoms. The Kier molecular flexibility index (Phi) is 5.07. The van der Waals surface area contributed by atoms with E-state index in [4.69, 9.17) is 14.6 Å². The van der Waals surface area contributed by atoms with Gasteiger partial charge in [0.15, 0.2) is 17.3 Å². The third-order valence-corrected chi connectivity index (χ3v) is 7.04. The predicted octanol–water partition coefficient (Wildman–Crippen LogP) is 3.99. The highest BCUT2D eigenvalue weighted by Gasteiger charge is 2.18. The van der Waals surface area contributed by atoms with Gasteiger partial charge >= 0.3 is 0 Å². The molecule has 0 fully saturated rings. The van der Waals surface area contributed by atoms with Crippen LogP contribution in [-0.2, 0) is 0 Å². The zero-order valence-corrected chi connectivity index (χ0v) is 20.3. The number of hydrogen-bond acceptors (Lipinski definition) is 7. The highest BCUT2D eigenvalue weighted by molar-refractivity contribution is 7.15. The van der Waals surface area contributed by atoms with Crippen LogP contribution < -0.4 is 19.6 Å². The minimum atomic E-state index is -0.213. The Hall–Kier alpha value is -4.76. The van der Waals surface area contributed by atoms with E-state index in [1.54, 1.807) is 0 Å². The van der Waals surface area contributed by atoms with E-state index < -0.39 is 0 Å². The average molecular weight is 506 g/mol. The lowest BCUT2D eigenvalue weighted by atomic mass is 10.1. The van der Waals surface area contributed by atoms with Gasteiger partial charge in [-0.15, -0.1) is 5.10 Å². The number of rotatable bonds is 4. The van der Waals surface area contributed by atoms with Crippen molar-refractivity contribution in [2.75, 3.05) is 13.2 Å². The van der Waals surface area contributed by atoms with E-state index >= 15 is 0 Å². The van der Waals surface area contributed by atoms with E-state index in [1.807, 2.05) is 95.8 Å². The number of hydrogen-bond donors (Lipinski definition) is 0. The largest absolute Gasteiger partial charge is 0.486 e. The van der Waals surface area contributed by atoms with E-state index in [0.717, 1.165) is 28.1 Å². The van der Waals surface area contributed by atoms with Crippen molar-refractivity contribution in [1.29, 1.82) is 0 Å². The third-order valence-electron chi connectivity index (χ3n) is 6.08. The molecule has 0 unspecified atom stereocenters. The van der Waals surface area contributed by atoms with E-state index in [1.165, 1.54) is 15.9 Å². The van der Waals surface area contributed by atoms with Crippen molar-refractivity contribution in [2.45, 2.75) is 0 Å². The Morgan fingerprint density at radius 2 is 1.59 bits per heavy atom. The zero-order valence-electron chi connectivity index (χ0n) is 19.4. The molecule has 1 aliphatic heterocycles. The van der Waals surface area contributed by atoms with Crippen LogP contribution in [0.1, 0.15) is 5.56 Å². The molecule has 7 rings (SSSR count). The number of para-hydroxylation sites is 1. The third kappa shape index (κ3) is 3.85. The van der Waals surface area contributed by atoms with Gasteiger partial charge in [-0.25, -0.2) is 4.68 Å². The first kappa shape index (κ1) is 21.5. The molecule has 0 spiro atoms. The summed E-state index contributed by atoms with van der Waals surface area (Å²) in [6.07, 6.45) is 3.77. The van der Waals surface area contributed by atoms with Crippen molar-refractivity contribution in [2.24, 2.45) is 0 Å². The maximum Gasteiger partial charge on any atom is 0.291 e.